The molecule has 2 aromatic heterocycles. The quantitative estimate of drug-likeness (QED) is 0.520. The van der Waals surface area contributed by atoms with Crippen LogP contribution in [-0.2, 0) is 6.54 Å². The SMILES string of the molecule is COc1cncc(N2CCN(CC(O)Cn3c4ccccc4c4ccccc43)CC2)n1. The molecule has 1 unspecified atom stereocenters. The standard InChI is InChI=1S/C24H27N5O2/c1-31-24-15-25-14-23(26-24)28-12-10-27(11-13-28)16-18(30)17-29-21-8-4-2-6-19(21)20-7-3-5-9-22(20)29/h2-9,14-15,18,30H,10-13,16-17H2,1H3. The number of rotatable bonds is 6. The lowest BCUT2D eigenvalue weighted by Crippen LogP contribution is -2.49. The van der Waals surface area contributed by atoms with Crippen molar-refractivity contribution in [3.05, 3.63) is 60.9 Å². The second-order valence-electron chi connectivity index (χ2n) is 8.01. The molecule has 7 heteroatoms. The summed E-state index contributed by atoms with van der Waals surface area (Å²) < 4.78 is 7.43. The van der Waals surface area contributed by atoms with Gasteiger partial charge in [-0.15, -0.1) is 0 Å². The summed E-state index contributed by atoms with van der Waals surface area (Å²) in [4.78, 5) is 13.2. The van der Waals surface area contributed by atoms with E-state index in [-0.39, 0.29) is 0 Å². The summed E-state index contributed by atoms with van der Waals surface area (Å²) in [6, 6.07) is 16.8. The molecule has 0 aliphatic carbocycles. The van der Waals surface area contributed by atoms with Gasteiger partial charge < -0.3 is 19.3 Å². The molecule has 0 saturated carbocycles. The van der Waals surface area contributed by atoms with E-state index < -0.39 is 6.10 Å². The molecule has 1 N–H and O–H groups in total. The monoisotopic (exact) mass is 417 g/mol. The number of aromatic nitrogens is 3. The summed E-state index contributed by atoms with van der Waals surface area (Å²) in [6.07, 6.45) is 2.95. The zero-order valence-electron chi connectivity index (χ0n) is 17.7. The Labute approximate surface area is 181 Å². The molecule has 2 aromatic carbocycles. The third kappa shape index (κ3) is 3.94. The van der Waals surface area contributed by atoms with Crippen molar-refractivity contribution >= 4 is 27.6 Å². The van der Waals surface area contributed by atoms with Gasteiger partial charge in [-0.05, 0) is 12.1 Å². The largest absolute Gasteiger partial charge is 0.480 e. The normalized spacial score (nSPS) is 16.1. The van der Waals surface area contributed by atoms with E-state index in [0.29, 0.717) is 19.0 Å². The number of aliphatic hydroxyl groups excluding tert-OH is 1. The van der Waals surface area contributed by atoms with E-state index >= 15 is 0 Å². The van der Waals surface area contributed by atoms with Crippen molar-refractivity contribution < 1.29 is 9.84 Å². The fourth-order valence-corrected chi connectivity index (χ4v) is 4.52. The Morgan fingerprint density at radius 3 is 2.19 bits per heavy atom. The fourth-order valence-electron chi connectivity index (χ4n) is 4.52. The first-order valence-corrected chi connectivity index (χ1v) is 10.7. The van der Waals surface area contributed by atoms with Crippen LogP contribution in [-0.4, -0.2) is 70.5 Å². The molecular formula is C24H27N5O2. The third-order valence-electron chi connectivity index (χ3n) is 6.05. The lowest BCUT2D eigenvalue weighted by atomic mass is 10.2. The third-order valence-corrected chi connectivity index (χ3v) is 6.05. The zero-order valence-corrected chi connectivity index (χ0v) is 17.7. The van der Waals surface area contributed by atoms with Crippen LogP contribution in [0.4, 0.5) is 5.82 Å². The summed E-state index contributed by atoms with van der Waals surface area (Å²) in [5.41, 5.74) is 2.34. The van der Waals surface area contributed by atoms with Crippen LogP contribution < -0.4 is 9.64 Å². The molecule has 1 saturated heterocycles. The van der Waals surface area contributed by atoms with Crippen LogP contribution in [0.5, 0.6) is 5.88 Å². The van der Waals surface area contributed by atoms with Gasteiger partial charge in [0.25, 0.3) is 0 Å². The number of piperazine rings is 1. The van der Waals surface area contributed by atoms with Gasteiger partial charge in [0.2, 0.25) is 5.88 Å². The van der Waals surface area contributed by atoms with Gasteiger partial charge in [0.05, 0.1) is 32.2 Å². The molecule has 4 aromatic rings. The molecular weight excluding hydrogens is 390 g/mol. The van der Waals surface area contributed by atoms with Crippen LogP contribution in [0, 0.1) is 0 Å². The molecule has 0 bridgehead atoms. The summed E-state index contributed by atoms with van der Waals surface area (Å²) in [5.74, 6) is 1.37. The van der Waals surface area contributed by atoms with Gasteiger partial charge in [0, 0.05) is 54.5 Å². The molecule has 7 nitrogen and oxygen atoms in total. The molecule has 1 fully saturated rings. The summed E-state index contributed by atoms with van der Waals surface area (Å²) in [5, 5.41) is 13.4. The van der Waals surface area contributed by atoms with Crippen LogP contribution in [0.15, 0.2) is 60.9 Å². The highest BCUT2D eigenvalue weighted by atomic mass is 16.5. The van der Waals surface area contributed by atoms with Crippen LogP contribution in [0.3, 0.4) is 0 Å². The van der Waals surface area contributed by atoms with E-state index in [1.807, 2.05) is 0 Å². The van der Waals surface area contributed by atoms with Crippen molar-refractivity contribution in [3.63, 3.8) is 0 Å². The van der Waals surface area contributed by atoms with Crippen LogP contribution >= 0.6 is 0 Å². The zero-order chi connectivity index (χ0) is 21.2. The van der Waals surface area contributed by atoms with Crippen molar-refractivity contribution in [3.8, 4) is 5.88 Å². The minimum atomic E-state index is -0.442. The molecule has 3 heterocycles. The molecule has 1 aliphatic rings. The number of fused-ring (bicyclic) bond motifs is 3. The lowest BCUT2D eigenvalue weighted by molar-refractivity contribution is 0.0968. The molecule has 1 aliphatic heterocycles. The molecule has 31 heavy (non-hydrogen) atoms. The Morgan fingerprint density at radius 2 is 1.55 bits per heavy atom. The molecule has 0 amide bonds. The van der Waals surface area contributed by atoms with Gasteiger partial charge in [-0.25, -0.2) is 0 Å². The van der Waals surface area contributed by atoms with Gasteiger partial charge in [-0.1, -0.05) is 36.4 Å². The van der Waals surface area contributed by atoms with Crippen molar-refractivity contribution in [1.82, 2.24) is 19.4 Å². The number of ether oxygens (including phenoxy) is 1. The smallest absolute Gasteiger partial charge is 0.233 e. The molecule has 0 radical (unpaired) electrons. The van der Waals surface area contributed by atoms with Crippen molar-refractivity contribution in [1.29, 1.82) is 0 Å². The first-order valence-electron chi connectivity index (χ1n) is 10.7. The van der Waals surface area contributed by atoms with Gasteiger partial charge in [-0.2, -0.15) is 4.98 Å². The van der Waals surface area contributed by atoms with E-state index in [1.54, 1.807) is 19.5 Å². The predicted molar refractivity (Wildman–Crippen MR) is 123 cm³/mol. The number of β-amino-alcohol motifs (C(OH)–C–C–N with tert-alkyl or cyclic N) is 1. The number of benzene rings is 2. The van der Waals surface area contributed by atoms with E-state index in [9.17, 15) is 5.11 Å². The second-order valence-corrected chi connectivity index (χ2v) is 8.01. The van der Waals surface area contributed by atoms with E-state index in [4.69, 9.17) is 4.74 Å². The Morgan fingerprint density at radius 1 is 0.903 bits per heavy atom. The summed E-state index contributed by atoms with van der Waals surface area (Å²) in [7, 11) is 1.60. The van der Waals surface area contributed by atoms with E-state index in [2.05, 4.69) is 72.9 Å². The average Bonchev–Trinajstić information content (AvgIpc) is 3.13. The maximum absolute atomic E-state index is 10.9. The topological polar surface area (TPSA) is 66.7 Å². The van der Waals surface area contributed by atoms with Crippen LogP contribution in [0.1, 0.15) is 0 Å². The molecule has 160 valence electrons. The fraction of sp³-hybridized carbons (Fsp3) is 0.333. The first kappa shape index (κ1) is 19.8. The van der Waals surface area contributed by atoms with Crippen molar-refractivity contribution in [2.24, 2.45) is 0 Å². The first-order chi connectivity index (χ1) is 15.2. The summed E-state index contributed by atoms with van der Waals surface area (Å²) in [6.45, 7) is 4.69. The Kier molecular flexibility index (Phi) is 5.44. The number of hydrogen-bond donors (Lipinski definition) is 1. The van der Waals surface area contributed by atoms with Crippen molar-refractivity contribution in [2.75, 3.05) is 44.7 Å². The van der Waals surface area contributed by atoms with E-state index in [0.717, 1.165) is 32.0 Å². The summed E-state index contributed by atoms with van der Waals surface area (Å²) >= 11 is 0. The number of methoxy groups -OCH3 is 1. The number of aliphatic hydroxyl groups is 1. The number of nitrogens with zero attached hydrogens (tertiary/aromatic N) is 5. The highest BCUT2D eigenvalue weighted by molar-refractivity contribution is 6.07. The maximum Gasteiger partial charge on any atom is 0.233 e. The Bertz CT molecular complexity index is 1130. The molecule has 0 spiro atoms. The maximum atomic E-state index is 10.9. The highest BCUT2D eigenvalue weighted by Gasteiger charge is 2.21. The number of anilines is 1. The predicted octanol–water partition coefficient (Wildman–Crippen LogP) is 2.78. The second kappa shape index (κ2) is 8.53. The Balaban J connectivity index is 1.25. The van der Waals surface area contributed by atoms with Crippen molar-refractivity contribution in [2.45, 2.75) is 12.6 Å². The van der Waals surface area contributed by atoms with Gasteiger partial charge in [0.15, 0.2) is 5.82 Å². The highest BCUT2D eigenvalue weighted by Crippen LogP contribution is 2.29. The molecule has 1 atom stereocenters. The Hall–Kier alpha value is -3.16. The average molecular weight is 418 g/mol. The minimum Gasteiger partial charge on any atom is -0.480 e. The van der Waals surface area contributed by atoms with Crippen LogP contribution in [0.25, 0.3) is 21.8 Å². The number of para-hydroxylation sites is 2. The van der Waals surface area contributed by atoms with E-state index in [1.165, 1.54) is 21.8 Å². The van der Waals surface area contributed by atoms with Gasteiger partial charge >= 0.3 is 0 Å². The van der Waals surface area contributed by atoms with Crippen LogP contribution in [0.2, 0.25) is 0 Å². The van der Waals surface area contributed by atoms with Gasteiger partial charge in [0.1, 0.15) is 0 Å². The lowest BCUT2D eigenvalue weighted by Gasteiger charge is -2.36. The molecule has 5 rings (SSSR count). The minimum absolute atomic E-state index is 0.442. The van der Waals surface area contributed by atoms with Gasteiger partial charge in [-0.3, -0.25) is 9.88 Å². The number of hydrogen-bond acceptors (Lipinski definition) is 6.